The van der Waals surface area contributed by atoms with Crippen molar-refractivity contribution in [1.29, 1.82) is 0 Å². The van der Waals surface area contributed by atoms with Gasteiger partial charge in [-0.15, -0.1) is 0 Å². The molecule has 2 N–H and O–H groups in total. The lowest BCUT2D eigenvalue weighted by Crippen LogP contribution is -3.00. The molecule has 1 aliphatic rings. The van der Waals surface area contributed by atoms with Crippen LogP contribution in [0.4, 0.5) is 0 Å². The van der Waals surface area contributed by atoms with Gasteiger partial charge in [0.15, 0.2) is 0 Å². The smallest absolute Gasteiger partial charge is 0.111 e. The van der Waals surface area contributed by atoms with Crippen LogP contribution < -0.4 is 17.7 Å². The molecule has 0 amide bonds. The maximum absolute atomic E-state index is 11.9. The Morgan fingerprint density at radius 3 is 2.60 bits per heavy atom. The van der Waals surface area contributed by atoms with Crippen molar-refractivity contribution in [3.8, 4) is 0 Å². The second-order valence-corrected chi connectivity index (χ2v) is 5.48. The summed E-state index contributed by atoms with van der Waals surface area (Å²) in [5.74, 6) is 0.823. The van der Waals surface area contributed by atoms with Gasteiger partial charge in [-0.1, -0.05) is 30.3 Å². The number of benzene rings is 1. The molecule has 0 bridgehead atoms. The Labute approximate surface area is 99.3 Å². The maximum Gasteiger partial charge on any atom is 0.111 e. The maximum atomic E-state index is 11.9. The third-order valence-corrected chi connectivity index (χ3v) is 4.65. The number of halogens is 1. The Balaban J connectivity index is 0.00000112. The Morgan fingerprint density at radius 2 is 2.00 bits per heavy atom. The van der Waals surface area contributed by atoms with Crippen molar-refractivity contribution in [1.82, 2.24) is 0 Å². The first-order valence-electron chi connectivity index (χ1n) is 5.04. The van der Waals surface area contributed by atoms with E-state index in [0.29, 0.717) is 6.04 Å². The van der Waals surface area contributed by atoms with Crippen LogP contribution in [0.1, 0.15) is 17.7 Å². The van der Waals surface area contributed by atoms with Crippen LogP contribution in [-0.2, 0) is 10.8 Å². The largest absolute Gasteiger partial charge is 1.00 e. The monoisotopic (exact) mass is 245 g/mol. The fourth-order valence-electron chi connectivity index (χ4n) is 2.04. The normalized spacial score (nSPS) is 30.6. The van der Waals surface area contributed by atoms with Crippen LogP contribution >= 0.6 is 0 Å². The predicted molar refractivity (Wildman–Crippen MR) is 58.4 cm³/mol. The first-order chi connectivity index (χ1) is 6.79. The van der Waals surface area contributed by atoms with Gasteiger partial charge in [0.2, 0.25) is 0 Å². The topological polar surface area (TPSA) is 33.7 Å². The van der Waals surface area contributed by atoms with Gasteiger partial charge in [0.1, 0.15) is 11.3 Å². The van der Waals surface area contributed by atoms with Gasteiger partial charge in [-0.3, -0.25) is 4.21 Å². The molecule has 1 aromatic rings. The fourth-order valence-corrected chi connectivity index (χ4v) is 3.71. The first-order valence-corrected chi connectivity index (χ1v) is 6.42. The quantitative estimate of drug-likeness (QED) is 0.581. The van der Waals surface area contributed by atoms with Crippen molar-refractivity contribution in [2.45, 2.75) is 18.2 Å². The molecule has 2 nitrogen and oxygen atoms in total. The Kier molecular flexibility index (Phi) is 4.77. The van der Waals surface area contributed by atoms with E-state index in [1.807, 2.05) is 18.2 Å². The minimum absolute atomic E-state index is 0. The summed E-state index contributed by atoms with van der Waals surface area (Å²) in [5.41, 5.74) is 1.22. The number of hydrogen-bond donors (Lipinski definition) is 1. The number of rotatable bonds is 1. The standard InChI is InChI=1S/C11H15NOS.ClH/c1-9-11(14(13)8-7-12-9)10-5-3-2-4-6-10;/h2-6,9,11-12H,7-8H2,1H3;1H. The summed E-state index contributed by atoms with van der Waals surface area (Å²) in [6.07, 6.45) is 0. The summed E-state index contributed by atoms with van der Waals surface area (Å²) < 4.78 is 11.9. The average molecular weight is 246 g/mol. The molecule has 84 valence electrons. The highest BCUT2D eigenvalue weighted by atomic mass is 35.5. The fraction of sp³-hybridized carbons (Fsp3) is 0.455. The molecular formula is C11H16ClNOS. The molecule has 3 atom stereocenters. The third-order valence-electron chi connectivity index (χ3n) is 2.75. The van der Waals surface area contributed by atoms with Crippen LogP contribution in [0, 0.1) is 0 Å². The second-order valence-electron chi connectivity index (χ2n) is 3.80. The third kappa shape index (κ3) is 2.80. The lowest BCUT2D eigenvalue weighted by atomic mass is 10.1. The molecule has 1 heterocycles. The SMILES string of the molecule is CC1[NH2+]CCS(=O)C1c1ccccc1.[Cl-]. The van der Waals surface area contributed by atoms with Crippen LogP contribution in [0.2, 0.25) is 0 Å². The average Bonchev–Trinajstić information content (AvgIpc) is 2.19. The predicted octanol–water partition coefficient (Wildman–Crippen LogP) is -2.55. The van der Waals surface area contributed by atoms with Crippen LogP contribution in [0.15, 0.2) is 30.3 Å². The molecule has 0 spiro atoms. The summed E-state index contributed by atoms with van der Waals surface area (Å²) in [6.45, 7) is 3.16. The Morgan fingerprint density at radius 1 is 1.33 bits per heavy atom. The Bertz CT molecular complexity index is 331. The van der Waals surface area contributed by atoms with Crippen molar-refractivity contribution in [2.24, 2.45) is 0 Å². The van der Waals surface area contributed by atoms with Crippen LogP contribution in [-0.4, -0.2) is 22.5 Å². The van der Waals surface area contributed by atoms with E-state index in [2.05, 4.69) is 24.4 Å². The van der Waals surface area contributed by atoms with Crippen molar-refractivity contribution in [3.63, 3.8) is 0 Å². The molecule has 1 aliphatic heterocycles. The molecule has 3 unspecified atom stereocenters. The molecule has 4 heteroatoms. The van der Waals surface area contributed by atoms with Gasteiger partial charge >= 0.3 is 0 Å². The van der Waals surface area contributed by atoms with E-state index < -0.39 is 10.8 Å². The van der Waals surface area contributed by atoms with Gasteiger partial charge < -0.3 is 17.7 Å². The van der Waals surface area contributed by atoms with Crippen molar-refractivity contribution in [2.75, 3.05) is 12.3 Å². The zero-order chi connectivity index (χ0) is 9.97. The zero-order valence-electron chi connectivity index (χ0n) is 8.73. The summed E-state index contributed by atoms with van der Waals surface area (Å²) in [5, 5.41) is 2.50. The van der Waals surface area contributed by atoms with Gasteiger partial charge in [-0.25, -0.2) is 0 Å². The molecule has 0 saturated carbocycles. The van der Waals surface area contributed by atoms with Crippen molar-refractivity contribution < 1.29 is 21.9 Å². The van der Waals surface area contributed by atoms with Crippen LogP contribution in [0.25, 0.3) is 0 Å². The number of quaternary nitrogens is 1. The summed E-state index contributed by atoms with van der Waals surface area (Å²) >= 11 is 0. The van der Waals surface area contributed by atoms with E-state index in [9.17, 15) is 4.21 Å². The highest BCUT2D eigenvalue weighted by Gasteiger charge is 2.31. The number of nitrogens with two attached hydrogens (primary N) is 1. The van der Waals surface area contributed by atoms with E-state index in [4.69, 9.17) is 0 Å². The van der Waals surface area contributed by atoms with Crippen molar-refractivity contribution >= 4 is 10.8 Å². The van der Waals surface area contributed by atoms with Gasteiger partial charge in [0.25, 0.3) is 0 Å². The minimum Gasteiger partial charge on any atom is -1.00 e. The second kappa shape index (κ2) is 5.64. The van der Waals surface area contributed by atoms with E-state index in [0.717, 1.165) is 12.3 Å². The molecule has 1 saturated heterocycles. The van der Waals surface area contributed by atoms with Gasteiger partial charge in [-0.2, -0.15) is 0 Å². The summed E-state index contributed by atoms with van der Waals surface area (Å²) in [7, 11) is -0.690. The van der Waals surface area contributed by atoms with Gasteiger partial charge in [-0.05, 0) is 12.5 Å². The summed E-state index contributed by atoms with van der Waals surface area (Å²) in [4.78, 5) is 0. The zero-order valence-corrected chi connectivity index (χ0v) is 10.3. The highest BCUT2D eigenvalue weighted by Crippen LogP contribution is 2.23. The van der Waals surface area contributed by atoms with Gasteiger partial charge in [0, 0.05) is 10.8 Å². The molecule has 0 radical (unpaired) electrons. The Hall–Kier alpha value is -0.380. The van der Waals surface area contributed by atoms with Crippen LogP contribution in [0.5, 0.6) is 0 Å². The van der Waals surface area contributed by atoms with E-state index in [-0.39, 0.29) is 17.7 Å². The lowest BCUT2D eigenvalue weighted by molar-refractivity contribution is -0.685. The molecule has 0 aliphatic carbocycles. The van der Waals surface area contributed by atoms with Crippen LogP contribution in [0.3, 0.4) is 0 Å². The molecule has 1 fully saturated rings. The first kappa shape index (κ1) is 12.7. The molecule has 1 aromatic carbocycles. The molecular weight excluding hydrogens is 230 g/mol. The van der Waals surface area contributed by atoms with E-state index >= 15 is 0 Å². The highest BCUT2D eigenvalue weighted by molar-refractivity contribution is 7.85. The molecule has 0 aromatic heterocycles. The van der Waals surface area contributed by atoms with Crippen molar-refractivity contribution in [3.05, 3.63) is 35.9 Å². The lowest BCUT2D eigenvalue weighted by Gasteiger charge is -2.26. The summed E-state index contributed by atoms with van der Waals surface area (Å²) in [6, 6.07) is 10.6. The molecule has 15 heavy (non-hydrogen) atoms. The van der Waals surface area contributed by atoms with Gasteiger partial charge in [0.05, 0.1) is 12.3 Å². The van der Waals surface area contributed by atoms with E-state index in [1.165, 1.54) is 5.56 Å². The van der Waals surface area contributed by atoms with E-state index in [1.54, 1.807) is 0 Å². The molecule has 2 rings (SSSR count). The minimum atomic E-state index is -0.690. The number of hydrogen-bond acceptors (Lipinski definition) is 1.